The van der Waals surface area contributed by atoms with Crippen molar-refractivity contribution in [1.29, 1.82) is 0 Å². The Morgan fingerprint density at radius 2 is 1.42 bits per heavy atom. The first kappa shape index (κ1) is 19.2. The van der Waals surface area contributed by atoms with Gasteiger partial charge in [-0.1, -0.05) is 0 Å². The fourth-order valence-electron chi connectivity index (χ4n) is 2.23. The Kier molecular flexibility index (Phi) is 5.04. The van der Waals surface area contributed by atoms with E-state index in [9.17, 15) is 21.8 Å². The summed E-state index contributed by atoms with van der Waals surface area (Å²) in [5.41, 5.74) is 1.92. The average molecular weight is 472 g/mol. The van der Waals surface area contributed by atoms with Gasteiger partial charge >= 0.3 is 144 Å². The van der Waals surface area contributed by atoms with Crippen LogP contribution in [0.2, 0.25) is 0 Å². The molecule has 134 valence electrons. The predicted molar refractivity (Wildman–Crippen MR) is 80.2 cm³/mol. The third-order valence-corrected chi connectivity index (χ3v) is 13.9. The van der Waals surface area contributed by atoms with E-state index < -0.39 is 39.5 Å². The van der Waals surface area contributed by atoms with Gasteiger partial charge in [0.2, 0.25) is 0 Å². The van der Waals surface area contributed by atoms with E-state index >= 15 is 2.86 Å². The zero-order chi connectivity index (χ0) is 18.3. The van der Waals surface area contributed by atoms with E-state index in [0.29, 0.717) is 11.1 Å². The number of alkyl halides is 3. The molecule has 3 nitrogen and oxygen atoms in total. The molecule has 8 heteroatoms. The Morgan fingerprint density at radius 3 is 1.83 bits per heavy atom. The summed E-state index contributed by atoms with van der Waals surface area (Å²) >= 11 is -6.24. The van der Waals surface area contributed by atoms with Gasteiger partial charge in [-0.05, 0) is 0 Å². The zero-order valence-corrected chi connectivity index (χ0v) is 16.2. The molecule has 0 bridgehead atoms. The van der Waals surface area contributed by atoms with Crippen molar-refractivity contribution in [1.82, 2.24) is 0 Å². The molecule has 0 aliphatic rings. The topological polar surface area (TPSA) is 57.2 Å². The SMILES string of the molecule is Cc1cc([I-](F)(c2ccccc2)C(F)(F)S(=O)(=O)[O-])cc(C)c1C. The van der Waals surface area contributed by atoms with Crippen molar-refractivity contribution in [3.05, 3.63) is 66.3 Å². The van der Waals surface area contributed by atoms with Crippen LogP contribution in [0.1, 0.15) is 16.7 Å². The molecule has 24 heavy (non-hydrogen) atoms. The van der Waals surface area contributed by atoms with Gasteiger partial charge in [-0.25, -0.2) is 0 Å². The predicted octanol–water partition coefficient (Wildman–Crippen LogP) is 0.792. The number of rotatable bonds is 4. The first-order valence-electron chi connectivity index (χ1n) is 6.86. The molecule has 0 heterocycles. The molecule has 0 saturated heterocycles. The standard InChI is InChI=1S/C16H17F3IO3S/c1-11-9-15(10-12(2)13(11)3)20(19,14-7-5-4-6-8-14)16(17,18)24(21,22)23/h4-10H,1-3H3,(H,21,22,23)/q-1/p-1. The molecule has 1 unspecified atom stereocenters. The maximum atomic E-state index is 15.9. The Labute approximate surface area is 143 Å². The molecule has 0 aromatic heterocycles. The average Bonchev–Trinajstić information content (AvgIpc) is 2.50. The van der Waals surface area contributed by atoms with Crippen LogP contribution in [0.25, 0.3) is 0 Å². The van der Waals surface area contributed by atoms with Crippen LogP contribution in [0.15, 0.2) is 42.5 Å². The summed E-state index contributed by atoms with van der Waals surface area (Å²) in [6, 6.07) is 8.86. The van der Waals surface area contributed by atoms with E-state index in [2.05, 4.69) is 0 Å². The first-order valence-corrected chi connectivity index (χ1v) is 12.3. The van der Waals surface area contributed by atoms with E-state index in [0.717, 1.165) is 17.7 Å². The van der Waals surface area contributed by atoms with Gasteiger partial charge in [-0.2, -0.15) is 0 Å². The molecule has 0 spiro atoms. The third-order valence-electron chi connectivity index (χ3n) is 3.81. The van der Waals surface area contributed by atoms with Gasteiger partial charge in [0.15, 0.2) is 0 Å². The van der Waals surface area contributed by atoms with Crippen molar-refractivity contribution in [2.45, 2.75) is 24.0 Å². The van der Waals surface area contributed by atoms with Crippen LogP contribution in [-0.2, 0) is 10.1 Å². The Hall–Kier alpha value is -1.13. The molecule has 2 rings (SSSR count). The number of benzene rings is 2. The molecular formula is C16H16F3IO3S-2. The van der Waals surface area contributed by atoms with Gasteiger partial charge in [0.05, 0.1) is 0 Å². The van der Waals surface area contributed by atoms with E-state index in [1.54, 1.807) is 20.8 Å². The number of hydrogen-bond acceptors (Lipinski definition) is 3. The summed E-state index contributed by atoms with van der Waals surface area (Å²) in [6.45, 7) is 5.01. The summed E-state index contributed by atoms with van der Waals surface area (Å²) in [6.07, 6.45) is 0. The van der Waals surface area contributed by atoms with Crippen molar-refractivity contribution in [3.63, 3.8) is 0 Å². The number of aryl methyl sites for hydroxylation is 2. The van der Waals surface area contributed by atoms with E-state index in [-0.39, 0.29) is 0 Å². The summed E-state index contributed by atoms with van der Waals surface area (Å²) in [5.74, 6) is 0. The maximum absolute atomic E-state index is 15.9. The van der Waals surface area contributed by atoms with Gasteiger partial charge in [0.25, 0.3) is 0 Å². The molecule has 0 aliphatic heterocycles. The second kappa shape index (κ2) is 6.30. The van der Waals surface area contributed by atoms with Crippen LogP contribution in [0.4, 0.5) is 11.6 Å². The zero-order valence-electron chi connectivity index (χ0n) is 13.2. The second-order valence-electron chi connectivity index (χ2n) is 5.36. The fourth-order valence-corrected chi connectivity index (χ4v) is 11.3. The molecule has 2 aromatic carbocycles. The van der Waals surface area contributed by atoms with Crippen molar-refractivity contribution >= 4 is 10.1 Å². The monoisotopic (exact) mass is 472 g/mol. The molecule has 0 aliphatic carbocycles. The van der Waals surface area contributed by atoms with Crippen molar-refractivity contribution in [2.75, 3.05) is 0 Å². The van der Waals surface area contributed by atoms with Gasteiger partial charge in [0.1, 0.15) is 0 Å². The van der Waals surface area contributed by atoms with Crippen LogP contribution in [0, 0.1) is 27.9 Å². The van der Waals surface area contributed by atoms with Gasteiger partial charge in [-0.15, -0.1) is 0 Å². The fraction of sp³-hybridized carbons (Fsp3) is 0.250. The Bertz CT molecular complexity index is 846. The van der Waals surface area contributed by atoms with E-state index in [4.69, 9.17) is 0 Å². The summed E-state index contributed by atoms with van der Waals surface area (Å²) < 4.78 is 72.7. The molecule has 0 fully saturated rings. The number of hydrogen-bond donors (Lipinski definition) is 0. The van der Waals surface area contributed by atoms with Crippen LogP contribution < -0.4 is 19.0 Å². The minimum atomic E-state index is -6.24. The van der Waals surface area contributed by atoms with Gasteiger partial charge in [-0.3, -0.25) is 0 Å². The van der Waals surface area contributed by atoms with Gasteiger partial charge < -0.3 is 0 Å². The second-order valence-corrected chi connectivity index (χ2v) is 14.2. The number of halogens is 4. The van der Waals surface area contributed by atoms with Crippen LogP contribution in [0.3, 0.4) is 0 Å². The summed E-state index contributed by atoms with van der Waals surface area (Å²) in [7, 11) is -6.17. The van der Waals surface area contributed by atoms with Crippen molar-refractivity contribution in [3.8, 4) is 0 Å². The first-order chi connectivity index (χ1) is 10.9. The molecule has 0 N–H and O–H groups in total. The Morgan fingerprint density at radius 1 is 0.958 bits per heavy atom. The third kappa shape index (κ3) is 2.95. The molecule has 0 saturated carbocycles. The summed E-state index contributed by atoms with van der Waals surface area (Å²) in [5, 5.41) is 0. The molecule has 0 amide bonds. The van der Waals surface area contributed by atoms with Crippen molar-refractivity contribution < 1.29 is 43.6 Å². The van der Waals surface area contributed by atoms with E-state index in [1.165, 1.54) is 30.3 Å². The van der Waals surface area contributed by atoms with Crippen LogP contribution in [-0.4, -0.2) is 16.2 Å². The van der Waals surface area contributed by atoms with Crippen LogP contribution >= 0.6 is 0 Å². The quantitative estimate of drug-likeness (QED) is 0.376. The Balaban J connectivity index is 2.89. The molecule has 2 aromatic rings. The minimum absolute atomic E-state index is 0.391. The van der Waals surface area contributed by atoms with E-state index in [1.807, 2.05) is 0 Å². The normalized spacial score (nSPS) is 16.5. The molecule has 1 atom stereocenters. The van der Waals surface area contributed by atoms with Crippen molar-refractivity contribution in [2.24, 2.45) is 0 Å². The molecular weight excluding hydrogens is 456 g/mol. The van der Waals surface area contributed by atoms with Gasteiger partial charge in [0, 0.05) is 0 Å². The summed E-state index contributed by atoms with van der Waals surface area (Å²) in [4.78, 5) is 0. The molecule has 0 radical (unpaired) electrons. The van der Waals surface area contributed by atoms with Crippen LogP contribution in [0.5, 0.6) is 0 Å².